The minimum absolute atomic E-state index is 0.0561. The standard InChI is InChI=1S/C28H32N4O3S/c33-28(32-18-14-21-7-2-3-9-26(21)32)23-8-6-15-30(20-23)27-13-10-22-19-24(11-12-25(22)29-27)36(34,35)31-16-4-1-5-17-31/h2-3,7,9-13,19,23H,1,4-6,8,14-18,20H2. The first-order valence-corrected chi connectivity index (χ1v) is 14.5. The van der Waals surface area contributed by atoms with E-state index in [1.54, 1.807) is 16.4 Å². The number of aromatic nitrogens is 1. The van der Waals surface area contributed by atoms with Crippen molar-refractivity contribution in [3.05, 3.63) is 60.2 Å². The predicted octanol–water partition coefficient (Wildman–Crippen LogP) is 4.22. The maximum absolute atomic E-state index is 13.4. The third kappa shape index (κ3) is 4.26. The van der Waals surface area contributed by atoms with Crippen LogP contribution in [-0.2, 0) is 21.2 Å². The highest BCUT2D eigenvalue weighted by molar-refractivity contribution is 7.89. The molecule has 1 aromatic heterocycles. The van der Waals surface area contributed by atoms with Gasteiger partial charge in [-0.2, -0.15) is 4.31 Å². The Labute approximate surface area is 212 Å². The first kappa shape index (κ1) is 23.4. The molecule has 1 atom stereocenters. The van der Waals surface area contributed by atoms with Gasteiger partial charge in [0.15, 0.2) is 0 Å². The summed E-state index contributed by atoms with van der Waals surface area (Å²) in [7, 11) is -3.48. The minimum Gasteiger partial charge on any atom is -0.356 e. The van der Waals surface area contributed by atoms with Crippen molar-refractivity contribution in [3.8, 4) is 0 Å². The van der Waals surface area contributed by atoms with Gasteiger partial charge in [0.2, 0.25) is 15.9 Å². The van der Waals surface area contributed by atoms with Gasteiger partial charge >= 0.3 is 0 Å². The van der Waals surface area contributed by atoms with E-state index in [2.05, 4.69) is 11.0 Å². The number of pyridine rings is 1. The number of rotatable bonds is 4. The smallest absolute Gasteiger partial charge is 0.243 e. The number of fused-ring (bicyclic) bond motifs is 2. The second-order valence-electron chi connectivity index (χ2n) is 10.1. The van der Waals surface area contributed by atoms with Gasteiger partial charge < -0.3 is 9.80 Å². The van der Waals surface area contributed by atoms with Gasteiger partial charge in [-0.05, 0) is 74.1 Å². The number of para-hydroxylation sites is 1. The van der Waals surface area contributed by atoms with Crippen LogP contribution in [0.4, 0.5) is 11.5 Å². The number of benzene rings is 2. The lowest BCUT2D eigenvalue weighted by Crippen LogP contribution is -2.44. The van der Waals surface area contributed by atoms with Crippen LogP contribution in [-0.4, -0.2) is 56.3 Å². The van der Waals surface area contributed by atoms with E-state index in [0.29, 0.717) is 24.5 Å². The van der Waals surface area contributed by atoms with Gasteiger partial charge in [-0.1, -0.05) is 24.6 Å². The highest BCUT2D eigenvalue weighted by atomic mass is 32.2. The van der Waals surface area contributed by atoms with Gasteiger partial charge in [0.25, 0.3) is 0 Å². The maximum atomic E-state index is 13.4. The SMILES string of the molecule is O=C(C1CCCN(c2ccc3cc(S(=O)(=O)N4CCCCC4)ccc3n2)C1)N1CCc2ccccc21. The third-order valence-electron chi connectivity index (χ3n) is 7.85. The Morgan fingerprint density at radius 3 is 2.58 bits per heavy atom. The van der Waals surface area contributed by atoms with Crippen LogP contribution in [0.2, 0.25) is 0 Å². The van der Waals surface area contributed by atoms with Crippen LogP contribution in [0.5, 0.6) is 0 Å². The van der Waals surface area contributed by atoms with Crippen LogP contribution in [0, 0.1) is 5.92 Å². The fraction of sp³-hybridized carbons (Fsp3) is 0.429. The van der Waals surface area contributed by atoms with Gasteiger partial charge in [-0.3, -0.25) is 4.79 Å². The minimum atomic E-state index is -3.48. The summed E-state index contributed by atoms with van der Waals surface area (Å²) in [4.78, 5) is 22.8. The molecule has 188 valence electrons. The quantitative estimate of drug-likeness (QED) is 0.532. The molecular formula is C28H32N4O3S. The van der Waals surface area contributed by atoms with Crippen LogP contribution in [0.15, 0.2) is 59.5 Å². The molecule has 36 heavy (non-hydrogen) atoms. The Balaban J connectivity index is 1.20. The van der Waals surface area contributed by atoms with Gasteiger partial charge in [0.1, 0.15) is 5.82 Å². The van der Waals surface area contributed by atoms with Crippen molar-refractivity contribution in [2.24, 2.45) is 5.92 Å². The number of hydrogen-bond donors (Lipinski definition) is 0. The molecule has 0 bridgehead atoms. The van der Waals surface area contributed by atoms with Crippen molar-refractivity contribution < 1.29 is 13.2 Å². The van der Waals surface area contributed by atoms with E-state index in [1.807, 2.05) is 41.3 Å². The van der Waals surface area contributed by atoms with E-state index in [-0.39, 0.29) is 11.8 Å². The Morgan fingerprint density at radius 2 is 1.72 bits per heavy atom. The summed E-state index contributed by atoms with van der Waals surface area (Å²) in [6.07, 6.45) is 5.67. The Bertz CT molecular complexity index is 1400. The second kappa shape index (κ2) is 9.48. The Hall–Kier alpha value is -2.97. The Morgan fingerprint density at radius 1 is 0.889 bits per heavy atom. The van der Waals surface area contributed by atoms with Crippen LogP contribution in [0.3, 0.4) is 0 Å². The first-order valence-electron chi connectivity index (χ1n) is 13.1. The molecule has 1 amide bonds. The van der Waals surface area contributed by atoms with E-state index in [9.17, 15) is 13.2 Å². The number of carbonyl (C=O) groups is 1. The second-order valence-corrected chi connectivity index (χ2v) is 12.1. The number of hydrogen-bond acceptors (Lipinski definition) is 5. The van der Waals surface area contributed by atoms with Crippen molar-refractivity contribution in [2.45, 2.75) is 43.4 Å². The van der Waals surface area contributed by atoms with Crippen LogP contribution >= 0.6 is 0 Å². The molecule has 0 N–H and O–H groups in total. The molecular weight excluding hydrogens is 472 g/mol. The van der Waals surface area contributed by atoms with Crippen molar-refractivity contribution in [2.75, 3.05) is 42.5 Å². The van der Waals surface area contributed by atoms with Crippen molar-refractivity contribution in [1.29, 1.82) is 0 Å². The van der Waals surface area contributed by atoms with Crippen LogP contribution < -0.4 is 9.80 Å². The molecule has 7 nitrogen and oxygen atoms in total. The molecule has 3 aromatic rings. The van der Waals surface area contributed by atoms with E-state index in [1.165, 1.54) is 5.56 Å². The molecule has 6 rings (SSSR count). The molecule has 0 radical (unpaired) electrons. The van der Waals surface area contributed by atoms with E-state index in [0.717, 1.165) is 74.0 Å². The van der Waals surface area contributed by atoms with Crippen LogP contribution in [0.25, 0.3) is 10.9 Å². The number of carbonyl (C=O) groups excluding carboxylic acids is 1. The third-order valence-corrected chi connectivity index (χ3v) is 9.74. The molecule has 3 aliphatic rings. The van der Waals surface area contributed by atoms with Gasteiger partial charge in [0.05, 0.1) is 16.3 Å². The largest absolute Gasteiger partial charge is 0.356 e. The summed E-state index contributed by atoms with van der Waals surface area (Å²) >= 11 is 0. The lowest BCUT2D eigenvalue weighted by Gasteiger charge is -2.35. The zero-order valence-corrected chi connectivity index (χ0v) is 21.3. The number of nitrogens with zero attached hydrogens (tertiary/aromatic N) is 4. The highest BCUT2D eigenvalue weighted by Gasteiger charge is 2.33. The number of piperidine rings is 2. The molecule has 2 fully saturated rings. The lowest BCUT2D eigenvalue weighted by atomic mass is 9.96. The topological polar surface area (TPSA) is 73.8 Å². The predicted molar refractivity (Wildman–Crippen MR) is 142 cm³/mol. The van der Waals surface area contributed by atoms with Gasteiger partial charge in [0, 0.05) is 43.8 Å². The van der Waals surface area contributed by atoms with Crippen LogP contribution in [0.1, 0.15) is 37.7 Å². The van der Waals surface area contributed by atoms with Crippen molar-refractivity contribution in [3.63, 3.8) is 0 Å². The summed E-state index contributed by atoms with van der Waals surface area (Å²) in [5, 5.41) is 0.815. The molecule has 1 unspecified atom stereocenters. The van der Waals surface area contributed by atoms with E-state index >= 15 is 0 Å². The molecule has 3 aliphatic heterocycles. The zero-order chi connectivity index (χ0) is 24.7. The normalized spacial score (nSPS) is 21.1. The summed E-state index contributed by atoms with van der Waals surface area (Å²) in [6, 6.07) is 17.3. The first-order chi connectivity index (χ1) is 17.5. The maximum Gasteiger partial charge on any atom is 0.243 e. The fourth-order valence-corrected chi connectivity index (χ4v) is 7.41. The molecule has 2 aromatic carbocycles. The Kier molecular flexibility index (Phi) is 6.17. The monoisotopic (exact) mass is 504 g/mol. The number of amides is 1. The van der Waals surface area contributed by atoms with Crippen molar-refractivity contribution >= 4 is 38.3 Å². The average molecular weight is 505 g/mol. The van der Waals surface area contributed by atoms with Gasteiger partial charge in [-0.15, -0.1) is 0 Å². The average Bonchev–Trinajstić information content (AvgIpc) is 3.37. The molecule has 0 spiro atoms. The summed E-state index contributed by atoms with van der Waals surface area (Å²) in [6.45, 7) is 3.45. The fourth-order valence-electron chi connectivity index (χ4n) is 5.86. The molecule has 4 heterocycles. The molecule has 0 saturated carbocycles. The van der Waals surface area contributed by atoms with Crippen molar-refractivity contribution in [1.82, 2.24) is 9.29 Å². The number of sulfonamides is 1. The van der Waals surface area contributed by atoms with E-state index < -0.39 is 10.0 Å². The molecule has 8 heteroatoms. The summed E-state index contributed by atoms with van der Waals surface area (Å²) < 4.78 is 27.8. The lowest BCUT2D eigenvalue weighted by molar-refractivity contribution is -0.122. The summed E-state index contributed by atoms with van der Waals surface area (Å²) in [5.41, 5.74) is 3.07. The van der Waals surface area contributed by atoms with E-state index in [4.69, 9.17) is 4.98 Å². The summed E-state index contributed by atoms with van der Waals surface area (Å²) in [5.74, 6) is 0.992. The molecule has 2 saturated heterocycles. The number of anilines is 2. The zero-order valence-electron chi connectivity index (χ0n) is 20.5. The highest BCUT2D eigenvalue weighted by Crippen LogP contribution is 2.32. The van der Waals surface area contributed by atoms with Gasteiger partial charge in [-0.25, -0.2) is 13.4 Å². The molecule has 0 aliphatic carbocycles.